The Morgan fingerprint density at radius 3 is 2.56 bits per heavy atom. The van der Waals surface area contributed by atoms with Crippen molar-refractivity contribution in [1.29, 1.82) is 0 Å². The van der Waals surface area contributed by atoms with Crippen molar-refractivity contribution in [2.75, 3.05) is 0 Å². The van der Waals surface area contributed by atoms with E-state index in [-0.39, 0.29) is 5.78 Å². The number of carbonyl (C=O) groups is 1. The SMILES string of the molecule is Cc1ccc(C(=O)c2cccc(Cl)c2C)o1. The molecular formula is C13H11ClO2. The molecule has 1 aromatic carbocycles. The molecule has 0 atom stereocenters. The molecule has 1 aromatic heterocycles. The van der Waals surface area contributed by atoms with Crippen LogP contribution in [-0.4, -0.2) is 5.78 Å². The number of furan rings is 1. The topological polar surface area (TPSA) is 30.2 Å². The third-order valence-electron chi connectivity index (χ3n) is 2.48. The zero-order valence-corrected chi connectivity index (χ0v) is 9.84. The van der Waals surface area contributed by atoms with Crippen molar-refractivity contribution >= 4 is 17.4 Å². The lowest BCUT2D eigenvalue weighted by molar-refractivity contribution is 0.101. The normalized spacial score (nSPS) is 10.4. The fraction of sp³-hybridized carbons (Fsp3) is 0.154. The fourth-order valence-electron chi connectivity index (χ4n) is 1.54. The van der Waals surface area contributed by atoms with E-state index in [1.807, 2.05) is 13.8 Å². The third kappa shape index (κ3) is 1.89. The van der Waals surface area contributed by atoms with Crippen LogP contribution in [0.4, 0.5) is 0 Å². The standard InChI is InChI=1S/C13H11ClO2/c1-8-6-7-12(16-8)13(15)10-4-3-5-11(14)9(10)2/h3-7H,1-2H3. The molecule has 2 nitrogen and oxygen atoms in total. The fourth-order valence-corrected chi connectivity index (χ4v) is 1.72. The van der Waals surface area contributed by atoms with E-state index in [2.05, 4.69) is 0 Å². The van der Waals surface area contributed by atoms with Crippen LogP contribution < -0.4 is 0 Å². The first kappa shape index (κ1) is 11.0. The molecule has 16 heavy (non-hydrogen) atoms. The highest BCUT2D eigenvalue weighted by Gasteiger charge is 2.15. The van der Waals surface area contributed by atoms with Gasteiger partial charge in [0.05, 0.1) is 0 Å². The molecule has 0 fully saturated rings. The number of hydrogen-bond donors (Lipinski definition) is 0. The molecule has 0 aliphatic rings. The Hall–Kier alpha value is -1.54. The van der Waals surface area contributed by atoms with Crippen LogP contribution in [0.25, 0.3) is 0 Å². The minimum Gasteiger partial charge on any atom is -0.458 e. The van der Waals surface area contributed by atoms with Crippen LogP contribution in [0.3, 0.4) is 0 Å². The van der Waals surface area contributed by atoms with E-state index in [1.54, 1.807) is 30.3 Å². The summed E-state index contributed by atoms with van der Waals surface area (Å²) in [5.41, 5.74) is 1.37. The largest absolute Gasteiger partial charge is 0.458 e. The molecule has 2 aromatic rings. The van der Waals surface area contributed by atoms with Crippen molar-refractivity contribution in [3.8, 4) is 0 Å². The van der Waals surface area contributed by atoms with Crippen LogP contribution in [0.2, 0.25) is 5.02 Å². The van der Waals surface area contributed by atoms with Gasteiger partial charge >= 0.3 is 0 Å². The molecule has 3 heteroatoms. The minimum atomic E-state index is -0.131. The van der Waals surface area contributed by atoms with Crippen LogP contribution in [-0.2, 0) is 0 Å². The second kappa shape index (κ2) is 4.14. The van der Waals surface area contributed by atoms with Crippen LogP contribution in [0, 0.1) is 13.8 Å². The monoisotopic (exact) mass is 234 g/mol. The van der Waals surface area contributed by atoms with Crippen molar-refractivity contribution < 1.29 is 9.21 Å². The van der Waals surface area contributed by atoms with Crippen LogP contribution >= 0.6 is 11.6 Å². The van der Waals surface area contributed by atoms with Gasteiger partial charge in [-0.15, -0.1) is 0 Å². The van der Waals surface area contributed by atoms with Crippen LogP contribution in [0.5, 0.6) is 0 Å². The molecule has 0 aliphatic carbocycles. The van der Waals surface area contributed by atoms with Gasteiger partial charge in [0.2, 0.25) is 5.78 Å². The highest BCUT2D eigenvalue weighted by atomic mass is 35.5. The summed E-state index contributed by atoms with van der Waals surface area (Å²) in [4.78, 5) is 12.1. The molecule has 0 spiro atoms. The van der Waals surface area contributed by atoms with Crippen molar-refractivity contribution in [2.45, 2.75) is 13.8 Å². The number of carbonyl (C=O) groups excluding carboxylic acids is 1. The van der Waals surface area contributed by atoms with Gasteiger partial charge in [-0.2, -0.15) is 0 Å². The maximum atomic E-state index is 12.1. The summed E-state index contributed by atoms with van der Waals surface area (Å²) >= 11 is 5.97. The van der Waals surface area contributed by atoms with Gasteiger partial charge in [0.15, 0.2) is 5.76 Å². The lowest BCUT2D eigenvalue weighted by Gasteiger charge is -2.04. The van der Waals surface area contributed by atoms with Crippen molar-refractivity contribution in [2.24, 2.45) is 0 Å². The lowest BCUT2D eigenvalue weighted by Crippen LogP contribution is -2.02. The second-order valence-electron chi connectivity index (χ2n) is 3.65. The molecule has 0 saturated carbocycles. The molecule has 0 aliphatic heterocycles. The molecule has 0 amide bonds. The van der Waals surface area contributed by atoms with Crippen LogP contribution in [0.15, 0.2) is 34.7 Å². The summed E-state index contributed by atoms with van der Waals surface area (Å²) in [6.07, 6.45) is 0. The summed E-state index contributed by atoms with van der Waals surface area (Å²) in [6, 6.07) is 8.73. The summed E-state index contributed by atoms with van der Waals surface area (Å²) in [7, 11) is 0. The van der Waals surface area contributed by atoms with Gasteiger partial charge in [0, 0.05) is 10.6 Å². The van der Waals surface area contributed by atoms with Crippen LogP contribution in [0.1, 0.15) is 27.4 Å². The first-order chi connectivity index (χ1) is 7.59. The van der Waals surface area contributed by atoms with E-state index < -0.39 is 0 Å². The zero-order chi connectivity index (χ0) is 11.7. The number of hydrogen-bond acceptors (Lipinski definition) is 2. The number of benzene rings is 1. The third-order valence-corrected chi connectivity index (χ3v) is 2.89. The molecule has 0 unspecified atom stereocenters. The minimum absolute atomic E-state index is 0.131. The van der Waals surface area contributed by atoms with Gasteiger partial charge in [-0.25, -0.2) is 0 Å². The van der Waals surface area contributed by atoms with Gasteiger partial charge in [-0.3, -0.25) is 4.79 Å². The van der Waals surface area contributed by atoms with Crippen molar-refractivity contribution in [1.82, 2.24) is 0 Å². The van der Waals surface area contributed by atoms with E-state index in [1.165, 1.54) is 0 Å². The van der Waals surface area contributed by atoms with Crippen molar-refractivity contribution in [3.63, 3.8) is 0 Å². The Kier molecular flexibility index (Phi) is 2.84. The number of rotatable bonds is 2. The van der Waals surface area contributed by atoms with Gasteiger partial charge in [0.1, 0.15) is 5.76 Å². The summed E-state index contributed by atoms with van der Waals surface area (Å²) in [5.74, 6) is 0.944. The Balaban J connectivity index is 2.45. The smallest absolute Gasteiger partial charge is 0.228 e. The lowest BCUT2D eigenvalue weighted by atomic mass is 10.0. The molecule has 0 N–H and O–H groups in total. The Morgan fingerprint density at radius 2 is 1.94 bits per heavy atom. The maximum Gasteiger partial charge on any atom is 0.228 e. The molecule has 82 valence electrons. The first-order valence-corrected chi connectivity index (χ1v) is 5.33. The summed E-state index contributed by atoms with van der Waals surface area (Å²) in [5, 5.41) is 0.592. The first-order valence-electron chi connectivity index (χ1n) is 4.96. The second-order valence-corrected chi connectivity index (χ2v) is 4.06. The highest BCUT2D eigenvalue weighted by molar-refractivity contribution is 6.32. The average Bonchev–Trinajstić information content (AvgIpc) is 2.68. The van der Waals surface area contributed by atoms with Gasteiger partial charge in [-0.05, 0) is 37.6 Å². The average molecular weight is 235 g/mol. The Bertz CT molecular complexity index is 541. The van der Waals surface area contributed by atoms with E-state index >= 15 is 0 Å². The zero-order valence-electron chi connectivity index (χ0n) is 9.08. The molecular weight excluding hydrogens is 224 g/mol. The Morgan fingerprint density at radius 1 is 1.19 bits per heavy atom. The van der Waals surface area contributed by atoms with E-state index in [0.29, 0.717) is 16.3 Å². The predicted molar refractivity (Wildman–Crippen MR) is 63.1 cm³/mol. The summed E-state index contributed by atoms with van der Waals surface area (Å²) in [6.45, 7) is 3.63. The Labute approximate surface area is 98.8 Å². The quantitative estimate of drug-likeness (QED) is 0.741. The summed E-state index contributed by atoms with van der Waals surface area (Å²) < 4.78 is 5.30. The number of halogens is 1. The molecule has 0 saturated heterocycles. The van der Waals surface area contributed by atoms with Gasteiger partial charge < -0.3 is 4.42 Å². The molecule has 0 bridgehead atoms. The maximum absolute atomic E-state index is 12.1. The van der Waals surface area contributed by atoms with Gasteiger partial charge in [-0.1, -0.05) is 23.7 Å². The van der Waals surface area contributed by atoms with E-state index in [4.69, 9.17) is 16.0 Å². The number of ketones is 1. The molecule has 1 heterocycles. The molecule has 2 rings (SSSR count). The number of aryl methyl sites for hydroxylation is 1. The van der Waals surface area contributed by atoms with E-state index in [0.717, 1.165) is 11.3 Å². The predicted octanol–water partition coefficient (Wildman–Crippen LogP) is 3.78. The highest BCUT2D eigenvalue weighted by Crippen LogP contribution is 2.22. The van der Waals surface area contributed by atoms with Gasteiger partial charge in [0.25, 0.3) is 0 Å². The van der Waals surface area contributed by atoms with Crippen molar-refractivity contribution in [3.05, 3.63) is 58.0 Å². The van der Waals surface area contributed by atoms with E-state index in [9.17, 15) is 4.79 Å². The molecule has 0 radical (unpaired) electrons.